The van der Waals surface area contributed by atoms with E-state index in [-0.39, 0.29) is 0 Å². The predicted octanol–water partition coefficient (Wildman–Crippen LogP) is 1.51. The first-order valence-electron chi connectivity index (χ1n) is 7.19. The molecule has 0 spiro atoms. The van der Waals surface area contributed by atoms with Gasteiger partial charge in [-0.3, -0.25) is 4.99 Å². The first-order chi connectivity index (χ1) is 10.8. The van der Waals surface area contributed by atoms with E-state index in [0.717, 1.165) is 18.7 Å². The molecule has 2 aromatic rings. The van der Waals surface area contributed by atoms with E-state index in [2.05, 4.69) is 25.8 Å². The average molecular weight is 303 g/mol. The second kappa shape index (κ2) is 8.66. The summed E-state index contributed by atoms with van der Waals surface area (Å²) >= 11 is 0. The maximum absolute atomic E-state index is 5.62. The molecular weight excluding hydrogens is 282 g/mol. The fourth-order valence-electron chi connectivity index (χ4n) is 1.78. The van der Waals surface area contributed by atoms with Crippen molar-refractivity contribution in [2.75, 3.05) is 20.2 Å². The molecule has 22 heavy (non-hydrogen) atoms. The van der Waals surface area contributed by atoms with Crippen LogP contribution in [0.5, 0.6) is 5.75 Å². The van der Waals surface area contributed by atoms with Crippen molar-refractivity contribution in [1.82, 2.24) is 20.8 Å². The van der Waals surface area contributed by atoms with Crippen LogP contribution in [0.2, 0.25) is 0 Å². The van der Waals surface area contributed by atoms with Crippen molar-refractivity contribution < 1.29 is 9.26 Å². The van der Waals surface area contributed by atoms with Gasteiger partial charge in [0.25, 0.3) is 0 Å². The molecule has 2 rings (SSSR count). The van der Waals surface area contributed by atoms with E-state index in [0.29, 0.717) is 30.8 Å². The van der Waals surface area contributed by atoms with Gasteiger partial charge in [0, 0.05) is 13.6 Å². The zero-order valence-electron chi connectivity index (χ0n) is 12.9. The highest BCUT2D eigenvalue weighted by atomic mass is 16.5. The molecule has 0 radical (unpaired) electrons. The molecule has 0 saturated heterocycles. The average Bonchev–Trinajstić information content (AvgIpc) is 2.96. The molecule has 1 aromatic carbocycles. The van der Waals surface area contributed by atoms with Gasteiger partial charge in [-0.25, -0.2) is 0 Å². The van der Waals surface area contributed by atoms with E-state index in [1.54, 1.807) is 14.0 Å². The maximum atomic E-state index is 5.62. The monoisotopic (exact) mass is 303 g/mol. The van der Waals surface area contributed by atoms with Crippen molar-refractivity contribution in [3.8, 4) is 5.75 Å². The van der Waals surface area contributed by atoms with Gasteiger partial charge in [-0.05, 0) is 25.5 Å². The summed E-state index contributed by atoms with van der Waals surface area (Å²) in [6.45, 7) is 3.64. The molecule has 1 aromatic heterocycles. The van der Waals surface area contributed by atoms with Crippen molar-refractivity contribution in [3.05, 3.63) is 42.0 Å². The van der Waals surface area contributed by atoms with Crippen LogP contribution in [0.15, 0.2) is 39.8 Å². The van der Waals surface area contributed by atoms with E-state index in [1.165, 1.54) is 0 Å². The number of rotatable bonds is 7. The van der Waals surface area contributed by atoms with Crippen molar-refractivity contribution in [2.45, 2.75) is 19.9 Å². The number of aromatic nitrogens is 2. The minimum Gasteiger partial charge on any atom is -0.494 e. The van der Waals surface area contributed by atoms with E-state index in [1.807, 2.05) is 30.3 Å². The SMILES string of the molecule is CN=C(NCCCOc1ccccc1)NCc1nc(C)no1. The van der Waals surface area contributed by atoms with Crippen molar-refractivity contribution in [1.29, 1.82) is 0 Å². The Morgan fingerprint density at radius 2 is 2.09 bits per heavy atom. The number of benzene rings is 1. The Balaban J connectivity index is 1.60. The number of hydrogen-bond acceptors (Lipinski definition) is 5. The van der Waals surface area contributed by atoms with Crippen LogP contribution in [0.3, 0.4) is 0 Å². The van der Waals surface area contributed by atoms with Crippen molar-refractivity contribution >= 4 is 5.96 Å². The summed E-state index contributed by atoms with van der Waals surface area (Å²) in [7, 11) is 1.72. The van der Waals surface area contributed by atoms with Crippen LogP contribution in [0.1, 0.15) is 18.1 Å². The van der Waals surface area contributed by atoms with Gasteiger partial charge in [0.1, 0.15) is 5.75 Å². The molecule has 7 nitrogen and oxygen atoms in total. The predicted molar refractivity (Wildman–Crippen MR) is 83.8 cm³/mol. The Hall–Kier alpha value is -2.57. The molecule has 0 unspecified atom stereocenters. The summed E-state index contributed by atoms with van der Waals surface area (Å²) in [5.74, 6) is 2.73. The number of para-hydroxylation sites is 1. The molecule has 0 aliphatic rings. The second-order valence-corrected chi connectivity index (χ2v) is 4.60. The third kappa shape index (κ3) is 5.43. The molecule has 0 saturated carbocycles. The molecule has 7 heteroatoms. The van der Waals surface area contributed by atoms with E-state index < -0.39 is 0 Å². The Morgan fingerprint density at radius 1 is 1.27 bits per heavy atom. The maximum Gasteiger partial charge on any atom is 0.246 e. The zero-order valence-corrected chi connectivity index (χ0v) is 12.9. The molecule has 0 bridgehead atoms. The fourth-order valence-corrected chi connectivity index (χ4v) is 1.78. The van der Waals surface area contributed by atoms with E-state index in [9.17, 15) is 0 Å². The molecule has 0 amide bonds. The van der Waals surface area contributed by atoms with Gasteiger partial charge in [-0.15, -0.1) is 0 Å². The first-order valence-corrected chi connectivity index (χ1v) is 7.19. The molecule has 0 atom stereocenters. The summed E-state index contributed by atoms with van der Waals surface area (Å²) in [4.78, 5) is 8.25. The lowest BCUT2D eigenvalue weighted by Gasteiger charge is -2.10. The Morgan fingerprint density at radius 3 is 2.77 bits per heavy atom. The van der Waals surface area contributed by atoms with Crippen LogP contribution in [-0.2, 0) is 6.54 Å². The fraction of sp³-hybridized carbons (Fsp3) is 0.400. The van der Waals surface area contributed by atoms with Crippen LogP contribution < -0.4 is 15.4 Å². The molecule has 0 aliphatic heterocycles. The number of hydrogen-bond donors (Lipinski definition) is 2. The summed E-state index contributed by atoms with van der Waals surface area (Å²) in [5.41, 5.74) is 0. The molecule has 0 fully saturated rings. The minimum atomic E-state index is 0.445. The largest absolute Gasteiger partial charge is 0.494 e. The minimum absolute atomic E-state index is 0.445. The van der Waals surface area contributed by atoms with Gasteiger partial charge in [0.2, 0.25) is 5.89 Å². The summed E-state index contributed by atoms with van der Waals surface area (Å²) in [6, 6.07) is 9.77. The van der Waals surface area contributed by atoms with Gasteiger partial charge >= 0.3 is 0 Å². The summed E-state index contributed by atoms with van der Waals surface area (Å²) in [6.07, 6.45) is 0.870. The van der Waals surface area contributed by atoms with Crippen LogP contribution in [-0.4, -0.2) is 36.3 Å². The van der Waals surface area contributed by atoms with Gasteiger partial charge in [0.15, 0.2) is 11.8 Å². The number of aryl methyl sites for hydroxylation is 1. The lowest BCUT2D eigenvalue weighted by Crippen LogP contribution is -2.37. The summed E-state index contributed by atoms with van der Waals surface area (Å²) < 4.78 is 10.6. The lowest BCUT2D eigenvalue weighted by atomic mass is 10.3. The highest BCUT2D eigenvalue weighted by Gasteiger charge is 2.03. The number of aliphatic imine (C=N–C) groups is 1. The molecular formula is C15H21N5O2. The van der Waals surface area contributed by atoms with Gasteiger partial charge < -0.3 is 19.9 Å². The number of ether oxygens (including phenoxy) is 1. The standard InChI is InChI=1S/C15H21N5O2/c1-12-19-14(22-20-12)11-18-15(16-2)17-9-6-10-21-13-7-4-3-5-8-13/h3-5,7-8H,6,9-11H2,1-2H3,(H2,16,17,18). The van der Waals surface area contributed by atoms with Crippen LogP contribution >= 0.6 is 0 Å². The Labute approximate surface area is 129 Å². The van der Waals surface area contributed by atoms with E-state index >= 15 is 0 Å². The molecule has 0 aliphatic carbocycles. The van der Waals surface area contributed by atoms with Gasteiger partial charge in [0.05, 0.1) is 13.2 Å². The van der Waals surface area contributed by atoms with E-state index in [4.69, 9.17) is 9.26 Å². The van der Waals surface area contributed by atoms with Crippen molar-refractivity contribution in [3.63, 3.8) is 0 Å². The van der Waals surface area contributed by atoms with Gasteiger partial charge in [-0.2, -0.15) is 4.98 Å². The number of guanidine groups is 1. The van der Waals surface area contributed by atoms with Crippen LogP contribution in [0.4, 0.5) is 0 Å². The Bertz CT molecular complexity index is 583. The quantitative estimate of drug-likeness (QED) is 0.458. The van der Waals surface area contributed by atoms with Crippen LogP contribution in [0, 0.1) is 6.92 Å². The number of nitrogens with one attached hydrogen (secondary N) is 2. The molecule has 1 heterocycles. The zero-order chi connectivity index (χ0) is 15.6. The van der Waals surface area contributed by atoms with Crippen molar-refractivity contribution in [2.24, 2.45) is 4.99 Å². The third-order valence-electron chi connectivity index (χ3n) is 2.83. The normalized spacial score (nSPS) is 11.3. The smallest absolute Gasteiger partial charge is 0.246 e. The number of nitrogens with zero attached hydrogens (tertiary/aromatic N) is 3. The van der Waals surface area contributed by atoms with Gasteiger partial charge in [-0.1, -0.05) is 23.4 Å². The lowest BCUT2D eigenvalue weighted by molar-refractivity contribution is 0.311. The highest BCUT2D eigenvalue weighted by molar-refractivity contribution is 5.79. The first kappa shape index (κ1) is 15.8. The highest BCUT2D eigenvalue weighted by Crippen LogP contribution is 2.07. The van der Waals surface area contributed by atoms with Crippen LogP contribution in [0.25, 0.3) is 0 Å². The summed E-state index contributed by atoms with van der Waals surface area (Å²) in [5, 5.41) is 10.0. The Kier molecular flexibility index (Phi) is 6.22. The third-order valence-corrected chi connectivity index (χ3v) is 2.83. The topological polar surface area (TPSA) is 84.6 Å². The second-order valence-electron chi connectivity index (χ2n) is 4.60. The molecule has 2 N–H and O–H groups in total. The molecule has 118 valence electrons.